The van der Waals surface area contributed by atoms with Crippen molar-refractivity contribution in [1.82, 2.24) is 0 Å². The van der Waals surface area contributed by atoms with E-state index < -0.39 is 0 Å². The molecule has 0 saturated heterocycles. The third-order valence-electron chi connectivity index (χ3n) is 2.35. The molecule has 0 bridgehead atoms. The van der Waals surface area contributed by atoms with Crippen molar-refractivity contribution in [2.24, 2.45) is 0 Å². The van der Waals surface area contributed by atoms with E-state index in [9.17, 15) is 0 Å². The molecule has 0 radical (unpaired) electrons. The second kappa shape index (κ2) is 8.34. The average Bonchev–Trinajstić information content (AvgIpc) is 2.42. The van der Waals surface area contributed by atoms with Crippen molar-refractivity contribution >= 4 is 139 Å². The molecular formula is C12H2Br8S. The van der Waals surface area contributed by atoms with Gasteiger partial charge in [-0.25, -0.2) is 0 Å². The number of rotatable bonds is 2. The van der Waals surface area contributed by atoms with Crippen LogP contribution in [0.5, 0.6) is 0 Å². The fraction of sp³-hybridized carbons (Fsp3) is 0. The van der Waals surface area contributed by atoms with Crippen molar-refractivity contribution in [3.05, 3.63) is 47.9 Å². The Bertz CT molecular complexity index is 614. The van der Waals surface area contributed by atoms with Gasteiger partial charge in [0, 0.05) is 45.6 Å². The molecule has 112 valence electrons. The zero-order chi connectivity index (χ0) is 15.9. The molecule has 0 aliphatic rings. The van der Waals surface area contributed by atoms with Crippen LogP contribution in [0.3, 0.4) is 0 Å². The van der Waals surface area contributed by atoms with Crippen LogP contribution in [-0.4, -0.2) is 0 Å². The van der Waals surface area contributed by atoms with Gasteiger partial charge in [0.05, 0.1) is 0 Å². The molecule has 0 atom stereocenters. The van der Waals surface area contributed by atoms with Gasteiger partial charge >= 0.3 is 0 Å². The first-order valence-electron chi connectivity index (χ1n) is 5.07. The quantitative estimate of drug-likeness (QED) is 0.272. The van der Waals surface area contributed by atoms with Gasteiger partial charge in [0.1, 0.15) is 0 Å². The molecule has 0 amide bonds. The number of halogens is 8. The van der Waals surface area contributed by atoms with Crippen molar-refractivity contribution in [1.29, 1.82) is 0 Å². The molecule has 0 nitrogen and oxygen atoms in total. The van der Waals surface area contributed by atoms with Crippen LogP contribution in [0.15, 0.2) is 57.7 Å². The first-order valence-corrected chi connectivity index (χ1v) is 12.2. The fourth-order valence-electron chi connectivity index (χ4n) is 1.38. The van der Waals surface area contributed by atoms with Crippen LogP contribution in [0.25, 0.3) is 0 Å². The summed E-state index contributed by atoms with van der Waals surface area (Å²) in [5.41, 5.74) is 0. The molecule has 2 rings (SSSR count). The number of hydrogen-bond donors (Lipinski definition) is 0. The Morgan fingerprint density at radius 1 is 0.476 bits per heavy atom. The van der Waals surface area contributed by atoms with Crippen LogP contribution < -0.4 is 0 Å². The van der Waals surface area contributed by atoms with Crippen LogP contribution in [0.4, 0.5) is 0 Å². The predicted octanol–water partition coefficient (Wildman–Crippen LogP) is 9.94. The van der Waals surface area contributed by atoms with Crippen molar-refractivity contribution in [3.63, 3.8) is 0 Å². The minimum Gasteiger partial charge on any atom is -0.0852 e. The normalized spacial score (nSPS) is 11.0. The molecule has 2 aromatic carbocycles. The van der Waals surface area contributed by atoms with E-state index in [2.05, 4.69) is 127 Å². The summed E-state index contributed by atoms with van der Waals surface area (Å²) >= 11 is 30.4. The lowest BCUT2D eigenvalue weighted by Gasteiger charge is -2.14. The summed E-state index contributed by atoms with van der Waals surface area (Å²) in [7, 11) is 0. The van der Waals surface area contributed by atoms with E-state index in [-0.39, 0.29) is 0 Å². The Balaban J connectivity index is 2.64. The monoisotopic (exact) mass is 809 g/mol. The Hall–Kier alpha value is 2.63. The summed E-state index contributed by atoms with van der Waals surface area (Å²) in [6.45, 7) is 0. The second-order valence-electron chi connectivity index (χ2n) is 3.70. The fourth-order valence-corrected chi connectivity index (χ4v) is 7.99. The Morgan fingerprint density at radius 3 is 0.952 bits per heavy atom. The number of benzene rings is 2. The van der Waals surface area contributed by atoms with Crippen LogP contribution >= 0.6 is 139 Å². The molecule has 21 heavy (non-hydrogen) atoms. The van der Waals surface area contributed by atoms with E-state index in [1.165, 1.54) is 0 Å². The maximum atomic E-state index is 3.64. The average molecular weight is 817 g/mol. The molecule has 0 N–H and O–H groups in total. The lowest BCUT2D eigenvalue weighted by Crippen LogP contribution is -1.87. The highest BCUT2D eigenvalue weighted by atomic mass is 79.9. The highest BCUT2D eigenvalue weighted by Crippen LogP contribution is 2.51. The molecule has 0 unspecified atom stereocenters. The topological polar surface area (TPSA) is 0 Å². The molecule has 0 aromatic heterocycles. The van der Waals surface area contributed by atoms with Crippen molar-refractivity contribution < 1.29 is 0 Å². The standard InChI is InChI=1S/C12H2Br8S/c13-3-1-4(14)8(18)11(7(3)17)21-12-9(19)5(15)2-6(16)10(12)20/h1-2H. The summed E-state index contributed by atoms with van der Waals surface area (Å²) in [5, 5.41) is 0. The predicted molar refractivity (Wildman–Crippen MR) is 119 cm³/mol. The smallest absolute Gasteiger partial charge is 0.0469 e. The maximum Gasteiger partial charge on any atom is 0.0469 e. The Labute approximate surface area is 194 Å². The minimum atomic E-state index is 0.987. The summed E-state index contributed by atoms with van der Waals surface area (Å²) in [6.07, 6.45) is 0. The largest absolute Gasteiger partial charge is 0.0852 e. The van der Waals surface area contributed by atoms with Crippen LogP contribution in [0.1, 0.15) is 0 Å². The van der Waals surface area contributed by atoms with E-state index in [0.717, 1.165) is 45.6 Å². The van der Waals surface area contributed by atoms with Gasteiger partial charge in [0.2, 0.25) is 0 Å². The van der Waals surface area contributed by atoms with E-state index in [0.29, 0.717) is 0 Å². The third-order valence-corrected chi connectivity index (χ3v) is 12.5. The molecule has 0 aliphatic heterocycles. The van der Waals surface area contributed by atoms with Gasteiger partial charge < -0.3 is 0 Å². The highest BCUT2D eigenvalue weighted by molar-refractivity contribution is 9.14. The van der Waals surface area contributed by atoms with E-state index >= 15 is 0 Å². The molecule has 0 saturated carbocycles. The molecule has 9 heteroatoms. The SMILES string of the molecule is Brc1cc(Br)c(Br)c(Sc2c(Br)c(Br)cc(Br)c2Br)c1Br. The van der Waals surface area contributed by atoms with Gasteiger partial charge in [0.15, 0.2) is 0 Å². The van der Waals surface area contributed by atoms with Crippen molar-refractivity contribution in [3.8, 4) is 0 Å². The molecule has 2 aromatic rings. The molecule has 0 fully saturated rings. The van der Waals surface area contributed by atoms with Gasteiger partial charge in [-0.3, -0.25) is 0 Å². The summed E-state index contributed by atoms with van der Waals surface area (Å²) in [5.74, 6) is 0. The molecule has 0 heterocycles. The van der Waals surface area contributed by atoms with Crippen molar-refractivity contribution in [2.45, 2.75) is 9.79 Å². The lowest BCUT2D eigenvalue weighted by atomic mass is 10.4. The highest BCUT2D eigenvalue weighted by Gasteiger charge is 2.19. The van der Waals surface area contributed by atoms with Gasteiger partial charge in [0.25, 0.3) is 0 Å². The summed E-state index contributed by atoms with van der Waals surface area (Å²) < 4.78 is 7.94. The molecule has 0 spiro atoms. The first kappa shape index (κ1) is 19.9. The van der Waals surface area contributed by atoms with Gasteiger partial charge in [-0.05, 0) is 140 Å². The van der Waals surface area contributed by atoms with E-state index in [1.54, 1.807) is 11.8 Å². The van der Waals surface area contributed by atoms with Crippen LogP contribution in [0.2, 0.25) is 0 Å². The first-order chi connectivity index (χ1) is 9.73. The van der Waals surface area contributed by atoms with Crippen molar-refractivity contribution in [2.75, 3.05) is 0 Å². The zero-order valence-electron chi connectivity index (χ0n) is 9.59. The van der Waals surface area contributed by atoms with E-state index in [4.69, 9.17) is 0 Å². The van der Waals surface area contributed by atoms with Gasteiger partial charge in [-0.2, -0.15) is 0 Å². The van der Waals surface area contributed by atoms with E-state index in [1.807, 2.05) is 12.1 Å². The third kappa shape index (κ3) is 4.43. The Kier molecular flexibility index (Phi) is 7.92. The van der Waals surface area contributed by atoms with Gasteiger partial charge in [-0.15, -0.1) is 0 Å². The zero-order valence-corrected chi connectivity index (χ0v) is 23.1. The lowest BCUT2D eigenvalue weighted by molar-refractivity contribution is 1.26. The summed E-state index contributed by atoms with van der Waals surface area (Å²) in [6, 6.07) is 4.00. The summed E-state index contributed by atoms with van der Waals surface area (Å²) in [4.78, 5) is 2.14. The van der Waals surface area contributed by atoms with Crippen LogP contribution in [-0.2, 0) is 0 Å². The molecular weight excluding hydrogens is 815 g/mol. The molecule has 0 aliphatic carbocycles. The number of hydrogen-bond acceptors (Lipinski definition) is 1. The minimum absolute atomic E-state index is 0.987. The van der Waals surface area contributed by atoms with Crippen LogP contribution in [0, 0.1) is 0 Å². The van der Waals surface area contributed by atoms with Gasteiger partial charge in [-0.1, -0.05) is 11.8 Å². The second-order valence-corrected chi connectivity index (χ2v) is 11.3. The maximum absolute atomic E-state index is 3.64. The Morgan fingerprint density at radius 2 is 0.714 bits per heavy atom.